The molecule has 13 nitrogen and oxygen atoms in total. The van der Waals surface area contributed by atoms with Crippen LogP contribution < -0.4 is 43.8 Å². The van der Waals surface area contributed by atoms with Crippen LogP contribution in [0.25, 0.3) is 32.3 Å². The molecular weight excluding hydrogens is 663 g/mol. The topological polar surface area (TPSA) is 167 Å². The third-order valence-corrected chi connectivity index (χ3v) is 6.19. The second-order valence-corrected chi connectivity index (χ2v) is 9.36. The number of methoxy groups -OCH3 is 4. The third kappa shape index (κ3) is 11.4. The molecule has 0 aromatic heterocycles. The first-order valence-corrected chi connectivity index (χ1v) is 13.8. The smallest absolute Gasteiger partial charge is 0.461 e. The van der Waals surface area contributed by atoms with Gasteiger partial charge in [-0.05, 0) is 57.3 Å². The van der Waals surface area contributed by atoms with Crippen molar-refractivity contribution in [1.29, 1.82) is 0 Å². The van der Waals surface area contributed by atoms with Crippen LogP contribution in [0.15, 0.2) is 91.0 Å². The van der Waals surface area contributed by atoms with Crippen LogP contribution in [-0.4, -0.2) is 71.4 Å². The zero-order valence-electron chi connectivity index (χ0n) is 28.5. The average molecular weight is 697 g/mol. The Morgan fingerprint density at radius 3 is 1.24 bits per heavy atom. The Morgan fingerprint density at radius 1 is 0.420 bits per heavy atom. The van der Waals surface area contributed by atoms with Gasteiger partial charge in [0.05, 0.1) is 21.3 Å². The van der Waals surface area contributed by atoms with E-state index in [4.69, 9.17) is 14.2 Å². The van der Waals surface area contributed by atoms with Crippen LogP contribution in [0.4, 0.5) is 0 Å². The van der Waals surface area contributed by atoms with Crippen LogP contribution in [0.5, 0.6) is 17.2 Å². The third-order valence-electron chi connectivity index (χ3n) is 6.19. The number of benzene rings is 5. The second-order valence-electron chi connectivity index (χ2n) is 9.36. The summed E-state index contributed by atoms with van der Waals surface area (Å²) < 4.78 is 32.0. The van der Waals surface area contributed by atoms with E-state index in [-0.39, 0.29) is 48.5 Å². The van der Waals surface area contributed by atoms with E-state index in [0.29, 0.717) is 16.5 Å². The number of esters is 6. The van der Waals surface area contributed by atoms with Gasteiger partial charge < -0.3 is 40.6 Å². The molecule has 0 fully saturated rings. The van der Waals surface area contributed by atoms with Crippen molar-refractivity contribution in [2.75, 3.05) is 35.5 Å². The van der Waals surface area contributed by atoms with Gasteiger partial charge in [-0.1, -0.05) is 60.7 Å². The monoisotopic (exact) mass is 696 g/mol. The number of rotatable bonds is 3. The Bertz CT molecular complexity index is 1920. The minimum atomic E-state index is -1.14. The summed E-state index contributed by atoms with van der Waals surface area (Å²) in [6.07, 6.45) is 0. The Labute approximate surface area is 309 Å². The van der Waals surface area contributed by atoms with Crippen molar-refractivity contribution in [2.45, 2.75) is 0 Å². The molecule has 14 heteroatoms. The maximum atomic E-state index is 11.6. The van der Waals surface area contributed by atoms with E-state index >= 15 is 0 Å². The first-order chi connectivity index (χ1) is 23.1. The van der Waals surface area contributed by atoms with Crippen LogP contribution in [0.1, 0.15) is 0 Å². The fraction of sp³-hybridized carbons (Fsp3) is 0.139. The number of hydrogen-bond acceptors (Lipinski definition) is 13. The standard InChI is InChI=1S/C17H12O4.C16H12O8.C2H6O.CH3.Na/c1-20-16(18)17(19)21-15-10-11-6-2-3-7-12(11)13-8-4-5-9-14(13)15;1-21-13(17)15(19)23-11-5-3-10-8-12(6-4-9(10)7-11)24-16(20)14(18)22-2;1-3-2;;/h2-10H,1H3;3-8H,1-2H3;1-2H3;1H3;/q;;;-1;+1. The van der Waals surface area contributed by atoms with Crippen molar-refractivity contribution in [2.24, 2.45) is 0 Å². The number of carbonyl (C=O) groups is 6. The largest absolute Gasteiger partial charge is 1.00 e. The summed E-state index contributed by atoms with van der Waals surface area (Å²) in [6.45, 7) is 0. The summed E-state index contributed by atoms with van der Waals surface area (Å²) in [4.78, 5) is 67.6. The van der Waals surface area contributed by atoms with E-state index in [1.807, 2.05) is 48.5 Å². The molecule has 0 radical (unpaired) electrons. The number of carbonyl (C=O) groups excluding carboxylic acids is 6. The van der Waals surface area contributed by atoms with Gasteiger partial charge in [0.1, 0.15) is 17.2 Å². The van der Waals surface area contributed by atoms with Crippen molar-refractivity contribution in [3.63, 3.8) is 0 Å². The molecule has 0 heterocycles. The molecule has 0 aliphatic carbocycles. The van der Waals surface area contributed by atoms with E-state index in [0.717, 1.165) is 42.9 Å². The molecule has 0 saturated heterocycles. The van der Waals surface area contributed by atoms with Crippen LogP contribution in [0.2, 0.25) is 0 Å². The van der Waals surface area contributed by atoms with E-state index in [9.17, 15) is 28.8 Å². The maximum absolute atomic E-state index is 11.6. The molecule has 5 aromatic carbocycles. The van der Waals surface area contributed by atoms with Crippen molar-refractivity contribution < 1.29 is 91.5 Å². The van der Waals surface area contributed by atoms with Crippen LogP contribution in [-0.2, 0) is 47.7 Å². The molecule has 0 aliphatic heterocycles. The van der Waals surface area contributed by atoms with Gasteiger partial charge in [-0.2, -0.15) is 0 Å². The summed E-state index contributed by atoms with van der Waals surface area (Å²) in [5, 5.41) is 5.04. The first-order valence-electron chi connectivity index (χ1n) is 13.8. The quantitative estimate of drug-likeness (QED) is 0.0510. The minimum absolute atomic E-state index is 0. The predicted molar refractivity (Wildman–Crippen MR) is 178 cm³/mol. The van der Waals surface area contributed by atoms with Crippen LogP contribution >= 0.6 is 0 Å². The van der Waals surface area contributed by atoms with E-state index in [1.54, 1.807) is 32.4 Å². The fourth-order valence-electron chi connectivity index (χ4n) is 4.12. The van der Waals surface area contributed by atoms with Crippen LogP contribution in [0, 0.1) is 7.43 Å². The molecule has 0 unspecified atom stereocenters. The van der Waals surface area contributed by atoms with Crippen molar-refractivity contribution in [3.8, 4) is 17.2 Å². The van der Waals surface area contributed by atoms with Gasteiger partial charge in [0.15, 0.2) is 0 Å². The zero-order valence-corrected chi connectivity index (χ0v) is 30.5. The van der Waals surface area contributed by atoms with E-state index in [2.05, 4.69) is 18.9 Å². The minimum Gasteiger partial charge on any atom is -0.461 e. The van der Waals surface area contributed by atoms with Gasteiger partial charge in [0, 0.05) is 19.6 Å². The molecule has 5 aromatic rings. The molecular formula is C36H33NaO13. The van der Waals surface area contributed by atoms with Gasteiger partial charge in [0.2, 0.25) is 0 Å². The summed E-state index contributed by atoms with van der Waals surface area (Å²) >= 11 is 0. The fourth-order valence-corrected chi connectivity index (χ4v) is 4.12. The van der Waals surface area contributed by atoms with Crippen molar-refractivity contribution in [3.05, 3.63) is 98.4 Å². The number of ether oxygens (including phenoxy) is 7. The summed E-state index contributed by atoms with van der Waals surface area (Å²) in [5.41, 5.74) is 0. The molecule has 0 saturated carbocycles. The normalized spacial score (nSPS) is 9.54. The van der Waals surface area contributed by atoms with Crippen molar-refractivity contribution >= 4 is 68.1 Å². The molecule has 0 N–H and O–H groups in total. The van der Waals surface area contributed by atoms with Crippen molar-refractivity contribution in [1.82, 2.24) is 0 Å². The number of fused-ring (bicyclic) bond motifs is 4. The molecule has 256 valence electrons. The molecule has 0 aliphatic rings. The molecule has 0 spiro atoms. The molecule has 0 atom stereocenters. The second kappa shape index (κ2) is 20.9. The average Bonchev–Trinajstić information content (AvgIpc) is 3.11. The first kappa shape index (κ1) is 42.7. The molecule has 0 bridgehead atoms. The Morgan fingerprint density at radius 2 is 0.800 bits per heavy atom. The summed E-state index contributed by atoms with van der Waals surface area (Å²) in [6, 6.07) is 26.2. The summed E-state index contributed by atoms with van der Waals surface area (Å²) in [5.74, 6) is -5.90. The van der Waals surface area contributed by atoms with Gasteiger partial charge in [-0.15, -0.1) is 0 Å². The molecule has 50 heavy (non-hydrogen) atoms. The zero-order chi connectivity index (χ0) is 35.2. The van der Waals surface area contributed by atoms with E-state index in [1.165, 1.54) is 24.3 Å². The molecule has 0 amide bonds. The number of hydrogen-bond donors (Lipinski definition) is 0. The predicted octanol–water partition coefficient (Wildman–Crippen LogP) is 1.78. The van der Waals surface area contributed by atoms with E-state index < -0.39 is 35.8 Å². The van der Waals surface area contributed by atoms with Crippen LogP contribution in [0.3, 0.4) is 0 Å². The van der Waals surface area contributed by atoms with Gasteiger partial charge in [-0.3, -0.25) is 0 Å². The summed E-state index contributed by atoms with van der Waals surface area (Å²) in [7, 11) is 6.53. The molecule has 5 rings (SSSR count). The van der Waals surface area contributed by atoms with Gasteiger partial charge in [-0.25, -0.2) is 28.8 Å². The SMILES string of the molecule is COC.COC(=O)C(=O)Oc1cc2ccccc2c2ccccc12.COC(=O)C(=O)Oc1ccc2cc(OC(=O)C(=O)OC)ccc2c1.[CH3-].[Na+]. The maximum Gasteiger partial charge on any atom is 1.00 e. The van der Waals surface area contributed by atoms with Gasteiger partial charge >= 0.3 is 65.4 Å². The Balaban J connectivity index is 0.000000449. The Kier molecular flexibility index (Phi) is 17.8. The van der Waals surface area contributed by atoms with Gasteiger partial charge in [0.25, 0.3) is 0 Å². The Hall–Kier alpha value is -5.34.